The summed E-state index contributed by atoms with van der Waals surface area (Å²) in [6.45, 7) is 8.86. The van der Waals surface area contributed by atoms with Crippen molar-refractivity contribution in [3.05, 3.63) is 82.7 Å². The Bertz CT molecular complexity index is 1270. The third-order valence-electron chi connectivity index (χ3n) is 6.31. The molecule has 0 radical (unpaired) electrons. The standard InChI is InChI=1S/C29H31FO2/c1-5-19-8-7-9-21-16-24(15-20(6-2)28(19)21)32-13-12-25-27(30)11-10-22-14-23(31)17-26(18(3)4)29(22)25/h7-11,14-18,31H,5-6,12-13H2,1-4H3. The van der Waals surface area contributed by atoms with Gasteiger partial charge in [0.05, 0.1) is 6.61 Å². The topological polar surface area (TPSA) is 29.5 Å². The van der Waals surface area contributed by atoms with Crippen LogP contribution < -0.4 is 4.74 Å². The van der Waals surface area contributed by atoms with Crippen LogP contribution in [0.15, 0.2) is 54.6 Å². The van der Waals surface area contributed by atoms with E-state index >= 15 is 0 Å². The predicted molar refractivity (Wildman–Crippen MR) is 132 cm³/mol. The number of fused-ring (bicyclic) bond motifs is 2. The van der Waals surface area contributed by atoms with Gasteiger partial charge in [0.15, 0.2) is 0 Å². The SMILES string of the molecule is CCc1cccc2cc(OCCc3c(F)ccc4cc(O)cc(C(C)C)c34)cc(CC)c12. The molecule has 0 atom stereocenters. The molecule has 0 unspecified atom stereocenters. The van der Waals surface area contributed by atoms with Crippen LogP contribution in [-0.2, 0) is 19.3 Å². The van der Waals surface area contributed by atoms with Crippen LogP contribution in [0.3, 0.4) is 0 Å². The van der Waals surface area contributed by atoms with Gasteiger partial charge in [0.1, 0.15) is 17.3 Å². The van der Waals surface area contributed by atoms with E-state index in [0.29, 0.717) is 18.6 Å². The maximum Gasteiger partial charge on any atom is 0.127 e. The fourth-order valence-corrected chi connectivity index (χ4v) is 4.73. The number of ether oxygens (including phenoxy) is 1. The van der Waals surface area contributed by atoms with Gasteiger partial charge in [-0.25, -0.2) is 4.39 Å². The van der Waals surface area contributed by atoms with Gasteiger partial charge in [-0.3, -0.25) is 0 Å². The average molecular weight is 431 g/mol. The summed E-state index contributed by atoms with van der Waals surface area (Å²) in [7, 11) is 0. The second-order valence-electron chi connectivity index (χ2n) is 8.72. The molecule has 0 spiro atoms. The summed E-state index contributed by atoms with van der Waals surface area (Å²) >= 11 is 0. The molecular weight excluding hydrogens is 399 g/mol. The number of hydrogen-bond donors (Lipinski definition) is 1. The Morgan fingerprint density at radius 1 is 0.875 bits per heavy atom. The molecule has 4 aromatic rings. The molecule has 0 fully saturated rings. The highest BCUT2D eigenvalue weighted by molar-refractivity contribution is 5.91. The van der Waals surface area contributed by atoms with Crippen molar-refractivity contribution >= 4 is 21.5 Å². The van der Waals surface area contributed by atoms with Crippen molar-refractivity contribution in [3.8, 4) is 11.5 Å². The Balaban J connectivity index is 1.65. The first-order chi connectivity index (χ1) is 15.4. The maximum atomic E-state index is 14.9. The molecule has 3 heteroatoms. The molecule has 1 N–H and O–H groups in total. The van der Waals surface area contributed by atoms with E-state index in [-0.39, 0.29) is 17.5 Å². The van der Waals surface area contributed by atoms with Crippen molar-refractivity contribution in [2.24, 2.45) is 0 Å². The van der Waals surface area contributed by atoms with Gasteiger partial charge in [-0.1, -0.05) is 52.0 Å². The molecule has 0 heterocycles. The minimum Gasteiger partial charge on any atom is -0.508 e. The molecule has 4 aromatic carbocycles. The molecule has 0 saturated heterocycles. The molecular formula is C29H31FO2. The van der Waals surface area contributed by atoms with Crippen molar-refractivity contribution in [1.29, 1.82) is 0 Å². The molecule has 0 bridgehead atoms. The molecule has 0 aliphatic rings. The Morgan fingerprint density at radius 3 is 2.34 bits per heavy atom. The fraction of sp³-hybridized carbons (Fsp3) is 0.310. The van der Waals surface area contributed by atoms with Crippen molar-refractivity contribution in [1.82, 2.24) is 0 Å². The summed E-state index contributed by atoms with van der Waals surface area (Å²) in [5.41, 5.74) is 4.24. The number of aromatic hydroxyl groups is 1. The van der Waals surface area contributed by atoms with Gasteiger partial charge in [0, 0.05) is 6.42 Å². The Kier molecular flexibility index (Phi) is 6.36. The van der Waals surface area contributed by atoms with Gasteiger partial charge >= 0.3 is 0 Å². The zero-order valence-corrected chi connectivity index (χ0v) is 19.3. The van der Waals surface area contributed by atoms with E-state index in [1.54, 1.807) is 18.2 Å². The second kappa shape index (κ2) is 9.20. The molecule has 0 aromatic heterocycles. The smallest absolute Gasteiger partial charge is 0.127 e. The fourth-order valence-electron chi connectivity index (χ4n) is 4.73. The van der Waals surface area contributed by atoms with E-state index in [9.17, 15) is 9.50 Å². The van der Waals surface area contributed by atoms with Crippen LogP contribution in [0.5, 0.6) is 11.5 Å². The Hall–Kier alpha value is -3.07. The Morgan fingerprint density at radius 2 is 1.62 bits per heavy atom. The van der Waals surface area contributed by atoms with Crippen molar-refractivity contribution in [2.45, 2.75) is 52.9 Å². The normalized spacial score (nSPS) is 11.6. The molecule has 32 heavy (non-hydrogen) atoms. The van der Waals surface area contributed by atoms with Gasteiger partial charge in [-0.15, -0.1) is 0 Å². The first-order valence-corrected chi connectivity index (χ1v) is 11.5. The first-order valence-electron chi connectivity index (χ1n) is 11.5. The second-order valence-corrected chi connectivity index (χ2v) is 8.72. The molecule has 0 amide bonds. The van der Waals surface area contributed by atoms with Crippen molar-refractivity contribution in [2.75, 3.05) is 6.61 Å². The quantitative estimate of drug-likeness (QED) is 0.325. The average Bonchev–Trinajstić information content (AvgIpc) is 2.78. The lowest BCUT2D eigenvalue weighted by atomic mass is 9.91. The molecule has 0 aliphatic carbocycles. The Labute approximate surface area is 189 Å². The maximum absolute atomic E-state index is 14.9. The van der Waals surface area contributed by atoms with Crippen LogP contribution in [0.1, 0.15) is 55.9 Å². The number of rotatable bonds is 7. The minimum atomic E-state index is -0.228. The lowest BCUT2D eigenvalue weighted by Gasteiger charge is -2.17. The van der Waals surface area contributed by atoms with E-state index in [0.717, 1.165) is 34.9 Å². The van der Waals surface area contributed by atoms with E-state index in [1.807, 2.05) is 0 Å². The van der Waals surface area contributed by atoms with Gasteiger partial charge in [0.2, 0.25) is 0 Å². The molecule has 0 saturated carbocycles. The number of aryl methyl sites for hydroxylation is 2. The third-order valence-corrected chi connectivity index (χ3v) is 6.31. The van der Waals surface area contributed by atoms with Crippen molar-refractivity contribution < 1.29 is 14.2 Å². The van der Waals surface area contributed by atoms with Gasteiger partial charge in [-0.2, -0.15) is 0 Å². The molecule has 4 rings (SSSR count). The summed E-state index contributed by atoms with van der Waals surface area (Å²) in [6, 6.07) is 17.3. The highest BCUT2D eigenvalue weighted by atomic mass is 19.1. The van der Waals surface area contributed by atoms with E-state index in [1.165, 1.54) is 28.0 Å². The summed E-state index contributed by atoms with van der Waals surface area (Å²) in [6.07, 6.45) is 2.39. The number of benzene rings is 4. The predicted octanol–water partition coefficient (Wildman–Crippen LogP) is 7.71. The van der Waals surface area contributed by atoms with Crippen LogP contribution in [-0.4, -0.2) is 11.7 Å². The lowest BCUT2D eigenvalue weighted by molar-refractivity contribution is 0.320. The summed E-state index contributed by atoms with van der Waals surface area (Å²) in [5.74, 6) is 0.982. The monoisotopic (exact) mass is 430 g/mol. The number of halogens is 1. The first kappa shape index (κ1) is 22.1. The zero-order chi connectivity index (χ0) is 22.8. The highest BCUT2D eigenvalue weighted by Crippen LogP contribution is 2.34. The van der Waals surface area contributed by atoms with Gasteiger partial charge in [0.25, 0.3) is 0 Å². The van der Waals surface area contributed by atoms with Crippen LogP contribution in [0.2, 0.25) is 0 Å². The largest absolute Gasteiger partial charge is 0.508 e. The lowest BCUT2D eigenvalue weighted by Crippen LogP contribution is -2.06. The summed E-state index contributed by atoms with van der Waals surface area (Å²) < 4.78 is 21.0. The molecule has 2 nitrogen and oxygen atoms in total. The van der Waals surface area contributed by atoms with Gasteiger partial charge < -0.3 is 9.84 Å². The van der Waals surface area contributed by atoms with Gasteiger partial charge in [-0.05, 0) is 92.9 Å². The number of phenolic OH excluding ortho intramolecular Hbond substituents is 1. The van der Waals surface area contributed by atoms with E-state index < -0.39 is 0 Å². The highest BCUT2D eigenvalue weighted by Gasteiger charge is 2.15. The van der Waals surface area contributed by atoms with Crippen LogP contribution in [0.25, 0.3) is 21.5 Å². The number of hydrogen-bond acceptors (Lipinski definition) is 2. The minimum absolute atomic E-state index is 0.173. The molecule has 166 valence electrons. The van der Waals surface area contributed by atoms with Crippen molar-refractivity contribution in [3.63, 3.8) is 0 Å². The van der Waals surface area contributed by atoms with E-state index in [2.05, 4.69) is 58.0 Å². The summed E-state index contributed by atoms with van der Waals surface area (Å²) in [5, 5.41) is 14.4. The van der Waals surface area contributed by atoms with Crippen LogP contribution in [0.4, 0.5) is 4.39 Å². The van der Waals surface area contributed by atoms with Crippen LogP contribution in [0, 0.1) is 5.82 Å². The summed E-state index contributed by atoms with van der Waals surface area (Å²) in [4.78, 5) is 0. The van der Waals surface area contributed by atoms with E-state index in [4.69, 9.17) is 4.74 Å². The zero-order valence-electron chi connectivity index (χ0n) is 19.3. The number of phenols is 1. The van der Waals surface area contributed by atoms with Crippen LogP contribution >= 0.6 is 0 Å². The molecule has 0 aliphatic heterocycles. The third kappa shape index (κ3) is 4.17.